The zero-order valence-electron chi connectivity index (χ0n) is 16.8. The van der Waals surface area contributed by atoms with Crippen LogP contribution in [0.5, 0.6) is 0 Å². The molecule has 0 radical (unpaired) electrons. The predicted octanol–water partition coefficient (Wildman–Crippen LogP) is 3.26. The Hall–Kier alpha value is -3.81. The summed E-state index contributed by atoms with van der Waals surface area (Å²) in [6, 6.07) is 13.1. The monoisotopic (exact) mass is 405 g/mol. The maximum atomic E-state index is 13.3. The molecule has 4 aromatic rings. The second kappa shape index (κ2) is 7.55. The minimum absolute atomic E-state index is 0.240. The molecule has 0 atom stereocenters. The third kappa shape index (κ3) is 3.59. The highest BCUT2D eigenvalue weighted by Crippen LogP contribution is 2.20. The largest absolute Gasteiger partial charge is 0.352 e. The number of carbonyl (C=O) groups is 1. The third-order valence-electron chi connectivity index (χ3n) is 4.84. The number of nitrogens with zero attached hydrogens (tertiary/aromatic N) is 4. The van der Waals surface area contributed by atoms with Crippen molar-refractivity contribution in [1.82, 2.24) is 19.2 Å². The lowest BCUT2D eigenvalue weighted by Gasteiger charge is -2.11. The van der Waals surface area contributed by atoms with Gasteiger partial charge in [0.1, 0.15) is 18.2 Å². The van der Waals surface area contributed by atoms with Crippen LogP contribution in [-0.4, -0.2) is 25.1 Å². The summed E-state index contributed by atoms with van der Waals surface area (Å²) in [4.78, 5) is 30.0. The molecule has 4 rings (SSSR count). The Labute approximate surface area is 171 Å². The number of aromatic nitrogens is 4. The molecule has 2 aromatic heterocycles. The van der Waals surface area contributed by atoms with Crippen LogP contribution in [0, 0.1) is 26.6 Å². The quantitative estimate of drug-likeness (QED) is 0.565. The van der Waals surface area contributed by atoms with Gasteiger partial charge >= 0.3 is 5.69 Å². The van der Waals surface area contributed by atoms with Crippen LogP contribution in [0.4, 0.5) is 10.1 Å². The summed E-state index contributed by atoms with van der Waals surface area (Å²) in [6.07, 6.45) is 0. The van der Waals surface area contributed by atoms with Crippen LogP contribution in [-0.2, 0) is 11.3 Å². The number of rotatable bonds is 4. The molecule has 2 aromatic carbocycles. The first-order chi connectivity index (χ1) is 14.3. The maximum absolute atomic E-state index is 13.3. The standard InChI is InChI=1S/C22H20FN5O2/c1-13-5-4-6-14(2)20(13)25-19(29)12-27-22(30)28-18(26-27)11-15(3)24-21(28)16-7-9-17(23)10-8-16/h4-11H,12H2,1-3H3,(H,25,29). The zero-order chi connectivity index (χ0) is 21.4. The van der Waals surface area contributed by atoms with E-state index >= 15 is 0 Å². The molecule has 1 amide bonds. The lowest BCUT2D eigenvalue weighted by atomic mass is 10.1. The fraction of sp³-hybridized carbons (Fsp3) is 0.182. The van der Waals surface area contributed by atoms with Crippen molar-refractivity contribution in [3.8, 4) is 11.4 Å². The van der Waals surface area contributed by atoms with Crippen molar-refractivity contribution in [3.63, 3.8) is 0 Å². The van der Waals surface area contributed by atoms with Gasteiger partial charge in [-0.1, -0.05) is 18.2 Å². The number of aryl methyl sites for hydroxylation is 3. The fourth-order valence-electron chi connectivity index (χ4n) is 3.38. The fourth-order valence-corrected chi connectivity index (χ4v) is 3.38. The minimum Gasteiger partial charge on any atom is -0.324 e. The van der Waals surface area contributed by atoms with E-state index in [1.165, 1.54) is 16.5 Å². The highest BCUT2D eigenvalue weighted by molar-refractivity contribution is 5.92. The second-order valence-corrected chi connectivity index (χ2v) is 7.18. The van der Waals surface area contributed by atoms with Gasteiger partial charge in [0.25, 0.3) is 0 Å². The summed E-state index contributed by atoms with van der Waals surface area (Å²) in [5.74, 6) is -0.392. The summed E-state index contributed by atoms with van der Waals surface area (Å²) in [6.45, 7) is 5.35. The van der Waals surface area contributed by atoms with Gasteiger partial charge in [0.2, 0.25) is 5.91 Å². The lowest BCUT2D eigenvalue weighted by molar-refractivity contribution is -0.117. The van der Waals surface area contributed by atoms with Crippen LogP contribution in [0.1, 0.15) is 16.8 Å². The summed E-state index contributed by atoms with van der Waals surface area (Å²) in [7, 11) is 0. The van der Waals surface area contributed by atoms with Crippen LogP contribution in [0.15, 0.2) is 53.3 Å². The predicted molar refractivity (Wildman–Crippen MR) is 112 cm³/mol. The van der Waals surface area contributed by atoms with Crippen molar-refractivity contribution in [2.24, 2.45) is 0 Å². The highest BCUT2D eigenvalue weighted by Gasteiger charge is 2.17. The van der Waals surface area contributed by atoms with E-state index in [2.05, 4.69) is 15.4 Å². The van der Waals surface area contributed by atoms with Gasteiger partial charge in [0.15, 0.2) is 5.65 Å². The van der Waals surface area contributed by atoms with Gasteiger partial charge in [0, 0.05) is 23.0 Å². The number of nitrogens with one attached hydrogen (secondary N) is 1. The Bertz CT molecular complexity index is 1300. The van der Waals surface area contributed by atoms with Crippen molar-refractivity contribution in [1.29, 1.82) is 0 Å². The van der Waals surface area contributed by atoms with Crippen LogP contribution >= 0.6 is 0 Å². The Morgan fingerprint density at radius 1 is 1.07 bits per heavy atom. The molecule has 0 aliphatic heterocycles. The van der Waals surface area contributed by atoms with E-state index in [4.69, 9.17) is 0 Å². The number of halogens is 1. The number of carbonyl (C=O) groups excluding carboxylic acids is 1. The molecule has 30 heavy (non-hydrogen) atoms. The second-order valence-electron chi connectivity index (χ2n) is 7.18. The van der Waals surface area contributed by atoms with E-state index in [9.17, 15) is 14.0 Å². The molecular weight excluding hydrogens is 385 g/mol. The first-order valence-corrected chi connectivity index (χ1v) is 9.42. The van der Waals surface area contributed by atoms with Crippen molar-refractivity contribution < 1.29 is 9.18 Å². The smallest absolute Gasteiger partial charge is 0.324 e. The molecule has 0 fully saturated rings. The SMILES string of the molecule is Cc1cc2nn(CC(=O)Nc3c(C)cccc3C)c(=O)n2c(-c2ccc(F)cc2)n1. The molecule has 0 spiro atoms. The molecule has 152 valence electrons. The molecule has 0 saturated heterocycles. The van der Waals surface area contributed by atoms with Crippen LogP contribution in [0.2, 0.25) is 0 Å². The van der Waals surface area contributed by atoms with Gasteiger partial charge in [-0.15, -0.1) is 5.10 Å². The molecule has 8 heteroatoms. The summed E-state index contributed by atoms with van der Waals surface area (Å²) in [5.41, 5.74) is 3.70. The number of amides is 1. The first-order valence-electron chi connectivity index (χ1n) is 9.42. The first kappa shape index (κ1) is 19.5. The normalized spacial score (nSPS) is 11.1. The molecule has 1 N–H and O–H groups in total. The van der Waals surface area contributed by atoms with Gasteiger partial charge in [0.05, 0.1) is 0 Å². The number of hydrogen-bond acceptors (Lipinski definition) is 4. The minimum atomic E-state index is -0.492. The van der Waals surface area contributed by atoms with E-state index in [1.54, 1.807) is 25.1 Å². The van der Waals surface area contributed by atoms with E-state index in [0.29, 0.717) is 22.7 Å². The van der Waals surface area contributed by atoms with E-state index in [-0.39, 0.29) is 18.3 Å². The lowest BCUT2D eigenvalue weighted by Crippen LogP contribution is -2.29. The van der Waals surface area contributed by atoms with Crippen LogP contribution < -0.4 is 11.0 Å². The van der Waals surface area contributed by atoms with Gasteiger partial charge in [-0.2, -0.15) is 0 Å². The molecule has 0 bridgehead atoms. The molecule has 0 saturated carbocycles. The molecule has 0 aliphatic carbocycles. The number of hydrogen-bond donors (Lipinski definition) is 1. The third-order valence-corrected chi connectivity index (χ3v) is 4.84. The van der Waals surface area contributed by atoms with Crippen LogP contribution in [0.3, 0.4) is 0 Å². The van der Waals surface area contributed by atoms with Gasteiger partial charge in [-0.05, 0) is 56.2 Å². The number of para-hydroxylation sites is 1. The maximum Gasteiger partial charge on any atom is 0.352 e. The Kier molecular flexibility index (Phi) is 4.91. The summed E-state index contributed by atoms with van der Waals surface area (Å²) in [5, 5.41) is 7.15. The number of fused-ring (bicyclic) bond motifs is 1. The molecule has 0 aliphatic rings. The number of benzene rings is 2. The Balaban J connectivity index is 1.72. The zero-order valence-corrected chi connectivity index (χ0v) is 16.8. The summed E-state index contributed by atoms with van der Waals surface area (Å²) >= 11 is 0. The average molecular weight is 405 g/mol. The van der Waals surface area contributed by atoms with Crippen molar-refractivity contribution in [2.75, 3.05) is 5.32 Å². The van der Waals surface area contributed by atoms with Gasteiger partial charge < -0.3 is 5.32 Å². The molecular formula is C22H20FN5O2. The van der Waals surface area contributed by atoms with Crippen molar-refractivity contribution in [2.45, 2.75) is 27.3 Å². The van der Waals surface area contributed by atoms with E-state index in [1.807, 2.05) is 32.0 Å². The Morgan fingerprint density at radius 2 is 1.73 bits per heavy atom. The molecule has 7 nitrogen and oxygen atoms in total. The topological polar surface area (TPSA) is 81.3 Å². The molecule has 0 unspecified atom stereocenters. The average Bonchev–Trinajstić information content (AvgIpc) is 3.00. The van der Waals surface area contributed by atoms with E-state index in [0.717, 1.165) is 21.5 Å². The van der Waals surface area contributed by atoms with Crippen molar-refractivity contribution >= 4 is 17.2 Å². The van der Waals surface area contributed by atoms with E-state index < -0.39 is 5.69 Å². The van der Waals surface area contributed by atoms with Gasteiger partial charge in [-0.25, -0.2) is 23.3 Å². The summed E-state index contributed by atoms with van der Waals surface area (Å²) < 4.78 is 15.7. The van der Waals surface area contributed by atoms with Gasteiger partial charge in [-0.3, -0.25) is 4.79 Å². The highest BCUT2D eigenvalue weighted by atomic mass is 19.1. The van der Waals surface area contributed by atoms with Crippen LogP contribution in [0.25, 0.3) is 17.0 Å². The Morgan fingerprint density at radius 3 is 2.40 bits per heavy atom. The molecule has 2 heterocycles. The number of anilines is 1. The van der Waals surface area contributed by atoms with Crippen molar-refractivity contribution in [3.05, 3.63) is 81.7 Å².